The molecule has 4 nitrogen and oxygen atoms in total. The average Bonchev–Trinajstić information content (AvgIpc) is 2.67. The van der Waals surface area contributed by atoms with Gasteiger partial charge in [0.05, 0.1) is 32.1 Å². The minimum atomic E-state index is -0.306. The van der Waals surface area contributed by atoms with E-state index in [9.17, 15) is 9.50 Å². The summed E-state index contributed by atoms with van der Waals surface area (Å²) in [7, 11) is 3.23. The van der Waals surface area contributed by atoms with E-state index in [0.717, 1.165) is 35.2 Å². The van der Waals surface area contributed by atoms with Gasteiger partial charge in [0.2, 0.25) is 0 Å². The Hall–Kier alpha value is -2.40. The van der Waals surface area contributed by atoms with Gasteiger partial charge in [-0.25, -0.2) is 4.39 Å². The van der Waals surface area contributed by atoms with Crippen LogP contribution in [0, 0.1) is 5.82 Å². The second-order valence-corrected chi connectivity index (χ2v) is 6.92. The summed E-state index contributed by atoms with van der Waals surface area (Å²) in [5.74, 6) is 1.19. The molecule has 0 spiro atoms. The first-order valence-electron chi connectivity index (χ1n) is 8.88. The van der Waals surface area contributed by atoms with Gasteiger partial charge in [0.1, 0.15) is 5.82 Å². The topological polar surface area (TPSA) is 51.0 Å². The Kier molecular flexibility index (Phi) is 4.41. The summed E-state index contributed by atoms with van der Waals surface area (Å²) in [5, 5.41) is 10.2. The molecule has 5 heteroatoms. The highest BCUT2D eigenvalue weighted by Gasteiger charge is 2.37. The quantitative estimate of drug-likeness (QED) is 0.914. The van der Waals surface area contributed by atoms with Gasteiger partial charge in [0.25, 0.3) is 0 Å². The van der Waals surface area contributed by atoms with Gasteiger partial charge in [-0.15, -0.1) is 0 Å². The summed E-state index contributed by atoms with van der Waals surface area (Å²) in [6.45, 7) is 0. The maximum absolute atomic E-state index is 13.4. The number of hydrogen-bond donors (Lipinski definition) is 1. The van der Waals surface area contributed by atoms with Crippen LogP contribution in [0.15, 0.2) is 41.4 Å². The minimum absolute atomic E-state index is 0.115. The van der Waals surface area contributed by atoms with Crippen LogP contribution in [0.25, 0.3) is 0 Å². The predicted octanol–water partition coefficient (Wildman–Crippen LogP) is 3.69. The number of ether oxygens (including phenoxy) is 2. The van der Waals surface area contributed by atoms with E-state index in [0.29, 0.717) is 17.9 Å². The molecule has 2 aromatic rings. The maximum atomic E-state index is 13.4. The largest absolute Gasteiger partial charge is 0.493 e. The fraction of sp³-hybridized carbons (Fsp3) is 0.381. The van der Waals surface area contributed by atoms with Gasteiger partial charge in [-0.3, -0.25) is 4.99 Å². The first-order chi connectivity index (χ1) is 12.6. The summed E-state index contributed by atoms with van der Waals surface area (Å²) in [6.07, 6.45) is 1.97. The van der Waals surface area contributed by atoms with Crippen molar-refractivity contribution in [3.05, 3.63) is 58.9 Å². The number of nitrogens with zero attached hydrogens (tertiary/aromatic N) is 1. The van der Waals surface area contributed by atoms with E-state index in [2.05, 4.69) is 0 Å². The van der Waals surface area contributed by atoms with Crippen molar-refractivity contribution in [3.63, 3.8) is 0 Å². The van der Waals surface area contributed by atoms with E-state index in [4.69, 9.17) is 14.5 Å². The normalized spacial score (nSPS) is 24.3. The minimum Gasteiger partial charge on any atom is -0.493 e. The number of methoxy groups -OCH3 is 2. The molecule has 3 atom stereocenters. The number of rotatable bonds is 3. The molecule has 136 valence electrons. The van der Waals surface area contributed by atoms with Crippen LogP contribution in [0.5, 0.6) is 11.5 Å². The lowest BCUT2D eigenvalue weighted by Gasteiger charge is -2.37. The molecule has 1 saturated carbocycles. The lowest BCUT2D eigenvalue weighted by atomic mass is 9.74. The number of halogens is 1. The number of benzene rings is 2. The highest BCUT2D eigenvalue weighted by molar-refractivity contribution is 6.15. The molecule has 3 unspecified atom stereocenters. The molecule has 1 aliphatic carbocycles. The van der Waals surface area contributed by atoms with Crippen LogP contribution in [0.3, 0.4) is 0 Å². The molecule has 0 saturated heterocycles. The molecular weight excluding hydrogens is 333 g/mol. The zero-order valence-electron chi connectivity index (χ0n) is 14.9. The Labute approximate surface area is 152 Å². The van der Waals surface area contributed by atoms with Crippen LogP contribution < -0.4 is 9.47 Å². The maximum Gasteiger partial charge on any atom is 0.161 e. The van der Waals surface area contributed by atoms with Crippen LogP contribution in [-0.2, 0) is 0 Å². The summed E-state index contributed by atoms with van der Waals surface area (Å²) in [4.78, 5) is 5.00. The van der Waals surface area contributed by atoms with E-state index in [1.807, 2.05) is 12.1 Å². The molecule has 1 aliphatic heterocycles. The van der Waals surface area contributed by atoms with Crippen LogP contribution in [0.4, 0.5) is 4.39 Å². The smallest absolute Gasteiger partial charge is 0.161 e. The Balaban J connectivity index is 1.89. The van der Waals surface area contributed by atoms with Crippen LogP contribution in [-0.4, -0.2) is 37.2 Å². The zero-order valence-corrected chi connectivity index (χ0v) is 14.9. The van der Waals surface area contributed by atoms with Crippen molar-refractivity contribution < 1.29 is 19.0 Å². The average molecular weight is 355 g/mol. The second-order valence-electron chi connectivity index (χ2n) is 6.92. The monoisotopic (exact) mass is 355 g/mol. The molecule has 1 fully saturated rings. The van der Waals surface area contributed by atoms with E-state index >= 15 is 0 Å². The highest BCUT2D eigenvalue weighted by atomic mass is 19.1. The molecule has 0 aromatic heterocycles. The fourth-order valence-corrected chi connectivity index (χ4v) is 4.10. The third-order valence-electron chi connectivity index (χ3n) is 5.41. The second kappa shape index (κ2) is 6.72. The Morgan fingerprint density at radius 1 is 1.04 bits per heavy atom. The molecule has 1 N–H and O–H groups in total. The standard InChI is InChI=1S/C21H22FNO3/c1-25-19-10-15-16-9-14(24)7-8-18(16)23-21(17(15)11-20(19)26-2)12-3-5-13(22)6-4-12/h3-6,10-11,14,16,18,24H,7-9H2,1-2H3. The van der Waals surface area contributed by atoms with Gasteiger partial charge in [0, 0.05) is 17.0 Å². The van der Waals surface area contributed by atoms with E-state index in [1.54, 1.807) is 26.4 Å². The molecule has 0 amide bonds. The van der Waals surface area contributed by atoms with Crippen molar-refractivity contribution in [2.75, 3.05) is 14.2 Å². The summed E-state index contributed by atoms with van der Waals surface area (Å²) >= 11 is 0. The molecule has 4 rings (SSSR count). The number of aliphatic hydroxyl groups excluding tert-OH is 1. The van der Waals surface area contributed by atoms with Gasteiger partial charge >= 0.3 is 0 Å². The van der Waals surface area contributed by atoms with Crippen molar-refractivity contribution in [2.45, 2.75) is 37.3 Å². The molecule has 2 aliphatic rings. The van der Waals surface area contributed by atoms with Gasteiger partial charge < -0.3 is 14.6 Å². The molecule has 1 heterocycles. The third kappa shape index (κ3) is 2.86. The van der Waals surface area contributed by atoms with Crippen molar-refractivity contribution in [2.24, 2.45) is 4.99 Å². The molecule has 2 aromatic carbocycles. The van der Waals surface area contributed by atoms with E-state index in [-0.39, 0.29) is 23.9 Å². The number of aliphatic imine (C=N–C) groups is 1. The van der Waals surface area contributed by atoms with Crippen LogP contribution in [0.2, 0.25) is 0 Å². The van der Waals surface area contributed by atoms with Gasteiger partial charge in [-0.05, 0) is 61.2 Å². The third-order valence-corrected chi connectivity index (χ3v) is 5.41. The number of aliphatic hydroxyl groups is 1. The van der Waals surface area contributed by atoms with Crippen molar-refractivity contribution in [3.8, 4) is 11.5 Å². The van der Waals surface area contributed by atoms with Gasteiger partial charge in [0.15, 0.2) is 11.5 Å². The van der Waals surface area contributed by atoms with E-state index < -0.39 is 0 Å². The lowest BCUT2D eigenvalue weighted by Crippen LogP contribution is -2.34. The van der Waals surface area contributed by atoms with Gasteiger partial charge in [-0.1, -0.05) is 0 Å². The first-order valence-corrected chi connectivity index (χ1v) is 8.88. The molecular formula is C21H22FNO3. The number of hydrogen-bond acceptors (Lipinski definition) is 4. The Morgan fingerprint density at radius 3 is 2.42 bits per heavy atom. The van der Waals surface area contributed by atoms with Crippen molar-refractivity contribution in [1.29, 1.82) is 0 Å². The zero-order chi connectivity index (χ0) is 18.3. The number of fused-ring (bicyclic) bond motifs is 3. The van der Waals surface area contributed by atoms with E-state index in [1.165, 1.54) is 12.1 Å². The van der Waals surface area contributed by atoms with Crippen molar-refractivity contribution >= 4 is 5.71 Å². The summed E-state index contributed by atoms with van der Waals surface area (Å²) < 4.78 is 24.3. The summed E-state index contributed by atoms with van der Waals surface area (Å²) in [5.41, 5.74) is 3.80. The van der Waals surface area contributed by atoms with Gasteiger partial charge in [-0.2, -0.15) is 0 Å². The molecule has 0 bridgehead atoms. The van der Waals surface area contributed by atoms with Crippen molar-refractivity contribution in [1.82, 2.24) is 0 Å². The Morgan fingerprint density at radius 2 is 1.73 bits per heavy atom. The lowest BCUT2D eigenvalue weighted by molar-refractivity contribution is 0.111. The summed E-state index contributed by atoms with van der Waals surface area (Å²) in [6, 6.07) is 10.5. The molecule has 0 radical (unpaired) electrons. The first kappa shape index (κ1) is 17.0. The predicted molar refractivity (Wildman–Crippen MR) is 98.0 cm³/mol. The fourth-order valence-electron chi connectivity index (χ4n) is 4.10. The Bertz CT molecular complexity index is 847. The van der Waals surface area contributed by atoms with Crippen LogP contribution in [0.1, 0.15) is 41.9 Å². The SMILES string of the molecule is COc1cc2c(cc1OC)C1CC(O)CCC1N=C2c1ccc(F)cc1. The highest BCUT2D eigenvalue weighted by Crippen LogP contribution is 2.44. The van der Waals surface area contributed by atoms with Crippen LogP contribution >= 0.6 is 0 Å². The molecule has 26 heavy (non-hydrogen) atoms.